The summed E-state index contributed by atoms with van der Waals surface area (Å²) in [5.74, 6) is -1.20. The molecule has 136 valence electrons. The van der Waals surface area contributed by atoms with Gasteiger partial charge in [0.05, 0.1) is 11.3 Å². The first-order chi connectivity index (χ1) is 13.1. The van der Waals surface area contributed by atoms with Gasteiger partial charge in [0.15, 0.2) is 0 Å². The Hall–Kier alpha value is -3.19. The molecule has 7 heteroatoms. The molecule has 0 spiro atoms. The van der Waals surface area contributed by atoms with Crippen molar-refractivity contribution in [1.82, 2.24) is 9.97 Å². The van der Waals surface area contributed by atoms with E-state index in [1.165, 1.54) is 17.8 Å². The van der Waals surface area contributed by atoms with Gasteiger partial charge in [-0.1, -0.05) is 23.9 Å². The fourth-order valence-electron chi connectivity index (χ4n) is 2.44. The van der Waals surface area contributed by atoms with Gasteiger partial charge in [0.25, 0.3) is 0 Å². The number of aromatic carboxylic acids is 1. The number of rotatable bonds is 7. The molecule has 1 amide bonds. The molecule has 0 aliphatic carbocycles. The molecule has 0 atom stereocenters. The summed E-state index contributed by atoms with van der Waals surface area (Å²) in [5, 5.41) is 12.3. The predicted octanol–water partition coefficient (Wildman–Crippen LogP) is 3.50. The highest BCUT2D eigenvalue weighted by Gasteiger charge is 2.13. The minimum atomic E-state index is -1.06. The number of nitrogens with zero attached hydrogens (tertiary/aromatic N) is 2. The fourth-order valence-corrected chi connectivity index (χ4v) is 3.23. The number of hydrogen-bond donors (Lipinski definition) is 2. The lowest BCUT2D eigenvalue weighted by molar-refractivity contribution is -0.113. The second-order valence-corrected chi connectivity index (χ2v) is 6.69. The van der Waals surface area contributed by atoms with Crippen molar-refractivity contribution in [1.29, 1.82) is 0 Å². The molecule has 0 radical (unpaired) electrons. The molecule has 3 aromatic rings. The minimum absolute atomic E-state index is 0.0794. The number of amides is 1. The van der Waals surface area contributed by atoms with E-state index in [2.05, 4.69) is 15.3 Å². The number of thioether (sulfide) groups is 1. The normalized spacial score (nSPS) is 10.4. The smallest absolute Gasteiger partial charge is 0.338 e. The van der Waals surface area contributed by atoms with Gasteiger partial charge >= 0.3 is 5.97 Å². The summed E-state index contributed by atoms with van der Waals surface area (Å²) in [6, 6.07) is 14.6. The van der Waals surface area contributed by atoms with Crippen molar-refractivity contribution in [2.45, 2.75) is 11.4 Å². The summed E-state index contributed by atoms with van der Waals surface area (Å²) in [7, 11) is 0. The number of benzene rings is 1. The van der Waals surface area contributed by atoms with Crippen molar-refractivity contribution < 1.29 is 14.7 Å². The monoisotopic (exact) mass is 379 g/mol. The Kier molecular flexibility index (Phi) is 6.17. The Morgan fingerprint density at radius 2 is 1.67 bits per heavy atom. The standard InChI is InChI=1S/C20H17N3O3S/c24-18(13-27-19-17(20(25)26)2-1-9-22-19)23-16-5-3-14(4-6-16)12-15-7-10-21-11-8-15/h1-11H,12-13H2,(H,23,24)(H,25,26). The highest BCUT2D eigenvalue weighted by atomic mass is 32.2. The number of carbonyl (C=O) groups excluding carboxylic acids is 1. The number of aromatic nitrogens is 2. The van der Waals surface area contributed by atoms with Crippen molar-refractivity contribution >= 4 is 29.3 Å². The molecule has 0 saturated heterocycles. The van der Waals surface area contributed by atoms with Gasteiger partial charge in [0, 0.05) is 24.3 Å². The Labute approximate surface area is 160 Å². The number of carboxylic acids is 1. The van der Waals surface area contributed by atoms with Gasteiger partial charge in [-0.2, -0.15) is 0 Å². The van der Waals surface area contributed by atoms with E-state index in [1.54, 1.807) is 18.5 Å². The van der Waals surface area contributed by atoms with Crippen LogP contribution in [-0.4, -0.2) is 32.7 Å². The van der Waals surface area contributed by atoms with Gasteiger partial charge in [-0.25, -0.2) is 9.78 Å². The molecular formula is C20H17N3O3S. The Morgan fingerprint density at radius 1 is 0.963 bits per heavy atom. The molecule has 27 heavy (non-hydrogen) atoms. The molecule has 0 aliphatic rings. The zero-order valence-electron chi connectivity index (χ0n) is 14.3. The van der Waals surface area contributed by atoms with Crippen molar-refractivity contribution in [3.8, 4) is 0 Å². The van der Waals surface area contributed by atoms with Crippen LogP contribution in [0.15, 0.2) is 72.1 Å². The third-order valence-corrected chi connectivity index (χ3v) is 4.74. The number of hydrogen-bond acceptors (Lipinski definition) is 5. The molecule has 6 nitrogen and oxygen atoms in total. The van der Waals surface area contributed by atoms with Gasteiger partial charge in [0.2, 0.25) is 5.91 Å². The van der Waals surface area contributed by atoms with Gasteiger partial charge in [0.1, 0.15) is 5.03 Å². The number of nitrogens with one attached hydrogen (secondary N) is 1. The first kappa shape index (κ1) is 18.6. The maximum absolute atomic E-state index is 12.1. The van der Waals surface area contributed by atoms with Crippen molar-refractivity contribution in [2.24, 2.45) is 0 Å². The third-order valence-electron chi connectivity index (χ3n) is 3.74. The zero-order valence-corrected chi connectivity index (χ0v) is 15.1. The lowest BCUT2D eigenvalue weighted by Gasteiger charge is -2.07. The van der Waals surface area contributed by atoms with Gasteiger partial charge < -0.3 is 10.4 Å². The van der Waals surface area contributed by atoms with E-state index in [4.69, 9.17) is 5.11 Å². The van der Waals surface area contributed by atoms with Crippen LogP contribution in [0, 0.1) is 0 Å². The Bertz CT molecular complexity index is 931. The molecule has 0 aliphatic heterocycles. The molecule has 0 saturated carbocycles. The van der Waals surface area contributed by atoms with Crippen molar-refractivity contribution in [3.05, 3.63) is 83.8 Å². The summed E-state index contributed by atoms with van der Waals surface area (Å²) < 4.78 is 0. The van der Waals surface area contributed by atoms with E-state index in [0.717, 1.165) is 23.7 Å². The van der Waals surface area contributed by atoms with Crippen LogP contribution < -0.4 is 5.32 Å². The predicted molar refractivity (Wildman–Crippen MR) is 104 cm³/mol. The first-order valence-electron chi connectivity index (χ1n) is 8.20. The topological polar surface area (TPSA) is 92.2 Å². The van der Waals surface area contributed by atoms with Crippen LogP contribution in [0.25, 0.3) is 0 Å². The Balaban J connectivity index is 1.54. The number of carboxylic acid groups (broad SMARTS) is 1. The van der Waals surface area contributed by atoms with Gasteiger partial charge in [-0.05, 0) is 53.9 Å². The summed E-state index contributed by atoms with van der Waals surface area (Å²) in [6.45, 7) is 0. The second kappa shape index (κ2) is 8.95. The molecule has 0 unspecified atom stereocenters. The molecule has 2 aromatic heterocycles. The molecule has 2 N–H and O–H groups in total. The summed E-state index contributed by atoms with van der Waals surface area (Å²) in [6.07, 6.45) is 5.83. The fraction of sp³-hybridized carbons (Fsp3) is 0.100. The van der Waals surface area contributed by atoms with Crippen LogP contribution in [0.1, 0.15) is 21.5 Å². The number of carbonyl (C=O) groups is 2. The maximum Gasteiger partial charge on any atom is 0.338 e. The van der Waals surface area contributed by atoms with Gasteiger partial charge in [-0.15, -0.1) is 0 Å². The molecule has 1 aromatic carbocycles. The SMILES string of the molecule is O=C(CSc1ncccc1C(=O)O)Nc1ccc(Cc2ccncc2)cc1. The molecule has 3 rings (SSSR count). The largest absolute Gasteiger partial charge is 0.478 e. The van der Waals surface area contributed by atoms with Crippen LogP contribution in [-0.2, 0) is 11.2 Å². The van der Waals surface area contributed by atoms with Crippen LogP contribution in [0.5, 0.6) is 0 Å². The number of anilines is 1. The second-order valence-electron chi connectivity index (χ2n) is 5.73. The molecular weight excluding hydrogens is 362 g/mol. The summed E-state index contributed by atoms with van der Waals surface area (Å²) in [4.78, 5) is 31.3. The van der Waals surface area contributed by atoms with Crippen LogP contribution in [0.3, 0.4) is 0 Å². The third kappa shape index (κ3) is 5.39. The summed E-state index contributed by atoms with van der Waals surface area (Å²) >= 11 is 1.10. The van der Waals surface area contributed by atoms with Crippen LogP contribution >= 0.6 is 11.8 Å². The molecule has 2 heterocycles. The number of pyridine rings is 2. The summed E-state index contributed by atoms with van der Waals surface area (Å²) in [5.41, 5.74) is 3.09. The highest BCUT2D eigenvalue weighted by Crippen LogP contribution is 2.20. The average Bonchev–Trinajstić information content (AvgIpc) is 2.69. The van der Waals surface area contributed by atoms with E-state index in [-0.39, 0.29) is 17.2 Å². The van der Waals surface area contributed by atoms with Crippen LogP contribution in [0.4, 0.5) is 5.69 Å². The average molecular weight is 379 g/mol. The first-order valence-corrected chi connectivity index (χ1v) is 9.19. The van der Waals surface area contributed by atoms with E-state index in [9.17, 15) is 9.59 Å². The van der Waals surface area contributed by atoms with Crippen molar-refractivity contribution in [3.63, 3.8) is 0 Å². The highest BCUT2D eigenvalue weighted by molar-refractivity contribution is 8.00. The van der Waals surface area contributed by atoms with E-state index in [1.807, 2.05) is 36.4 Å². The minimum Gasteiger partial charge on any atom is -0.478 e. The van der Waals surface area contributed by atoms with E-state index in [0.29, 0.717) is 10.7 Å². The van der Waals surface area contributed by atoms with Crippen LogP contribution in [0.2, 0.25) is 0 Å². The Morgan fingerprint density at radius 3 is 2.37 bits per heavy atom. The van der Waals surface area contributed by atoms with Crippen molar-refractivity contribution in [2.75, 3.05) is 11.1 Å². The zero-order chi connectivity index (χ0) is 19.1. The molecule has 0 bridgehead atoms. The lowest BCUT2D eigenvalue weighted by Crippen LogP contribution is -2.14. The van der Waals surface area contributed by atoms with Gasteiger partial charge in [-0.3, -0.25) is 9.78 Å². The maximum atomic E-state index is 12.1. The quantitative estimate of drug-likeness (QED) is 0.611. The van der Waals surface area contributed by atoms with E-state index >= 15 is 0 Å². The van der Waals surface area contributed by atoms with E-state index < -0.39 is 5.97 Å². The lowest BCUT2D eigenvalue weighted by atomic mass is 10.1. The molecule has 0 fully saturated rings.